The summed E-state index contributed by atoms with van der Waals surface area (Å²) in [4.78, 5) is 26.1. The molecule has 0 saturated carbocycles. The van der Waals surface area contributed by atoms with Gasteiger partial charge in [0.15, 0.2) is 9.84 Å². The quantitative estimate of drug-likeness (QED) is 0.854. The smallest absolute Gasteiger partial charge is 0.229 e. The topological polar surface area (TPSA) is 83.6 Å². The van der Waals surface area contributed by atoms with Crippen LogP contribution in [-0.2, 0) is 19.4 Å². The van der Waals surface area contributed by atoms with E-state index in [1.54, 1.807) is 18.2 Å². The van der Waals surface area contributed by atoms with E-state index in [9.17, 15) is 18.0 Å². The van der Waals surface area contributed by atoms with E-state index in [0.29, 0.717) is 22.2 Å². The van der Waals surface area contributed by atoms with Crippen molar-refractivity contribution in [1.29, 1.82) is 0 Å². The molecule has 2 unspecified atom stereocenters. The van der Waals surface area contributed by atoms with Crippen LogP contribution >= 0.6 is 23.2 Å². The molecule has 2 saturated heterocycles. The van der Waals surface area contributed by atoms with Crippen LogP contribution in [0.2, 0.25) is 10.0 Å². The van der Waals surface area contributed by atoms with E-state index in [1.165, 1.54) is 4.90 Å². The number of carbonyl (C=O) groups excluding carboxylic acids is 2. The fourth-order valence-corrected chi connectivity index (χ4v) is 5.41. The highest BCUT2D eigenvalue weighted by Crippen LogP contribution is 2.28. The van der Waals surface area contributed by atoms with E-state index >= 15 is 0 Å². The third-order valence-corrected chi connectivity index (χ3v) is 6.50. The van der Waals surface area contributed by atoms with Crippen molar-refractivity contribution >= 4 is 50.5 Å². The predicted octanol–water partition coefficient (Wildman–Crippen LogP) is 1.97. The van der Waals surface area contributed by atoms with E-state index < -0.39 is 15.8 Å². The summed E-state index contributed by atoms with van der Waals surface area (Å²) in [6.07, 6.45) is 0.517. The molecule has 2 amide bonds. The lowest BCUT2D eigenvalue weighted by Crippen LogP contribution is -2.38. The summed E-state index contributed by atoms with van der Waals surface area (Å²) in [6, 6.07) is 4.38. The van der Waals surface area contributed by atoms with E-state index in [4.69, 9.17) is 23.2 Å². The Labute approximate surface area is 150 Å². The first-order chi connectivity index (χ1) is 11.2. The van der Waals surface area contributed by atoms with Gasteiger partial charge in [-0.1, -0.05) is 23.2 Å². The van der Waals surface area contributed by atoms with Crippen LogP contribution < -0.4 is 5.32 Å². The van der Waals surface area contributed by atoms with E-state index in [1.807, 2.05) is 0 Å². The largest absolute Gasteiger partial charge is 0.338 e. The third kappa shape index (κ3) is 3.84. The van der Waals surface area contributed by atoms with Crippen LogP contribution in [0, 0.1) is 5.92 Å². The molecule has 0 spiro atoms. The highest BCUT2D eigenvalue weighted by Gasteiger charge is 2.41. The van der Waals surface area contributed by atoms with Crippen LogP contribution in [0.15, 0.2) is 18.2 Å². The maximum absolute atomic E-state index is 12.4. The van der Waals surface area contributed by atoms with Crippen LogP contribution in [0.5, 0.6) is 0 Å². The maximum atomic E-state index is 12.4. The molecule has 0 aliphatic carbocycles. The molecule has 2 aliphatic heterocycles. The lowest BCUT2D eigenvalue weighted by molar-refractivity contribution is -0.129. The van der Waals surface area contributed by atoms with Crippen LogP contribution in [0.25, 0.3) is 0 Å². The number of nitrogens with one attached hydrogen (secondary N) is 1. The van der Waals surface area contributed by atoms with Gasteiger partial charge in [0, 0.05) is 34.7 Å². The first-order valence-corrected chi connectivity index (χ1v) is 10.1. The van der Waals surface area contributed by atoms with Crippen LogP contribution in [-0.4, -0.2) is 49.2 Å². The zero-order chi connectivity index (χ0) is 17.5. The number of benzene rings is 1. The molecule has 9 heteroatoms. The molecule has 24 heavy (non-hydrogen) atoms. The molecule has 6 nitrogen and oxygen atoms in total. The molecular weight excluding hydrogens is 375 g/mol. The average Bonchev–Trinajstić information content (AvgIpc) is 3.00. The van der Waals surface area contributed by atoms with Gasteiger partial charge in [0.1, 0.15) is 0 Å². The second kappa shape index (κ2) is 6.54. The molecule has 0 aromatic heterocycles. The summed E-state index contributed by atoms with van der Waals surface area (Å²) >= 11 is 11.8. The Balaban J connectivity index is 1.66. The molecule has 3 rings (SSSR count). The minimum absolute atomic E-state index is 0.0169. The van der Waals surface area contributed by atoms with Crippen LogP contribution in [0.3, 0.4) is 0 Å². The van der Waals surface area contributed by atoms with Gasteiger partial charge in [-0.3, -0.25) is 9.59 Å². The molecule has 2 aliphatic rings. The number of halogens is 2. The monoisotopic (exact) mass is 390 g/mol. The Kier molecular flexibility index (Phi) is 4.77. The van der Waals surface area contributed by atoms with Gasteiger partial charge in [0.05, 0.1) is 17.4 Å². The SMILES string of the molecule is O=C(Nc1cc(Cl)cc(Cl)c1)C1CC(=O)N(C2CCS(=O)(=O)C2)C1. The minimum Gasteiger partial charge on any atom is -0.338 e. The molecule has 1 aromatic rings. The maximum Gasteiger partial charge on any atom is 0.229 e. The lowest BCUT2D eigenvalue weighted by Gasteiger charge is -2.22. The van der Waals surface area contributed by atoms with E-state index in [2.05, 4.69) is 5.32 Å². The zero-order valence-electron chi connectivity index (χ0n) is 12.7. The van der Waals surface area contributed by atoms with E-state index in [-0.39, 0.29) is 42.3 Å². The van der Waals surface area contributed by atoms with Crippen LogP contribution in [0.4, 0.5) is 5.69 Å². The molecule has 2 fully saturated rings. The number of anilines is 1. The second-order valence-electron chi connectivity index (χ2n) is 6.15. The van der Waals surface area contributed by atoms with Gasteiger partial charge in [0.25, 0.3) is 0 Å². The number of nitrogens with zero attached hydrogens (tertiary/aromatic N) is 1. The van der Waals surface area contributed by atoms with Crippen molar-refractivity contribution in [3.05, 3.63) is 28.2 Å². The van der Waals surface area contributed by atoms with Gasteiger partial charge < -0.3 is 10.2 Å². The standard InChI is InChI=1S/C15H16Cl2N2O4S/c16-10-4-11(17)6-12(5-10)18-15(21)9-3-14(20)19(7-9)13-1-2-24(22,23)8-13/h4-6,9,13H,1-3,7-8H2,(H,18,21). The lowest BCUT2D eigenvalue weighted by atomic mass is 10.1. The van der Waals surface area contributed by atoms with Crippen molar-refractivity contribution in [3.8, 4) is 0 Å². The number of amides is 2. The molecule has 0 bridgehead atoms. The molecule has 2 atom stereocenters. The fraction of sp³-hybridized carbons (Fsp3) is 0.467. The molecule has 2 heterocycles. The highest BCUT2D eigenvalue weighted by atomic mass is 35.5. The number of likely N-dealkylation sites (tertiary alicyclic amines) is 1. The summed E-state index contributed by atoms with van der Waals surface area (Å²) < 4.78 is 23.2. The van der Waals surface area contributed by atoms with Gasteiger partial charge in [0.2, 0.25) is 11.8 Å². The fourth-order valence-electron chi connectivity index (χ4n) is 3.15. The molecule has 1 N–H and O–H groups in total. The number of carbonyl (C=O) groups is 2. The summed E-state index contributed by atoms with van der Waals surface area (Å²) in [5, 5.41) is 3.51. The summed E-state index contributed by atoms with van der Waals surface area (Å²) in [6.45, 7) is 0.235. The van der Waals surface area contributed by atoms with Gasteiger partial charge in [-0.25, -0.2) is 8.42 Å². The van der Waals surface area contributed by atoms with Crippen molar-refractivity contribution < 1.29 is 18.0 Å². The number of sulfone groups is 1. The van der Waals surface area contributed by atoms with Gasteiger partial charge in [-0.05, 0) is 24.6 Å². The third-order valence-electron chi connectivity index (χ3n) is 4.31. The zero-order valence-corrected chi connectivity index (χ0v) is 15.0. The van der Waals surface area contributed by atoms with E-state index in [0.717, 1.165) is 0 Å². The van der Waals surface area contributed by atoms with Crippen molar-refractivity contribution in [2.75, 3.05) is 23.4 Å². The number of hydrogen-bond acceptors (Lipinski definition) is 4. The Morgan fingerprint density at radius 3 is 2.46 bits per heavy atom. The van der Waals surface area contributed by atoms with Crippen LogP contribution in [0.1, 0.15) is 12.8 Å². The Morgan fingerprint density at radius 2 is 1.88 bits per heavy atom. The van der Waals surface area contributed by atoms with Crippen molar-refractivity contribution in [1.82, 2.24) is 4.90 Å². The molecule has 130 valence electrons. The molecule has 1 aromatic carbocycles. The summed E-state index contributed by atoms with van der Waals surface area (Å²) in [5.41, 5.74) is 0.465. The van der Waals surface area contributed by atoms with Crippen molar-refractivity contribution in [2.24, 2.45) is 5.92 Å². The first-order valence-electron chi connectivity index (χ1n) is 7.50. The predicted molar refractivity (Wildman–Crippen MR) is 92.0 cm³/mol. The Bertz CT molecular complexity index is 776. The van der Waals surface area contributed by atoms with Gasteiger partial charge in [-0.15, -0.1) is 0 Å². The van der Waals surface area contributed by atoms with Gasteiger partial charge in [-0.2, -0.15) is 0 Å². The average molecular weight is 391 g/mol. The minimum atomic E-state index is -3.08. The second-order valence-corrected chi connectivity index (χ2v) is 9.25. The Morgan fingerprint density at radius 1 is 1.21 bits per heavy atom. The molecular formula is C15H16Cl2N2O4S. The molecule has 0 radical (unpaired) electrons. The summed E-state index contributed by atoms with van der Waals surface area (Å²) in [7, 11) is -3.08. The van der Waals surface area contributed by atoms with Gasteiger partial charge >= 0.3 is 0 Å². The normalized spacial score (nSPS) is 25.9. The summed E-state index contributed by atoms with van der Waals surface area (Å²) in [5.74, 6) is -0.916. The van der Waals surface area contributed by atoms with Crippen molar-refractivity contribution in [2.45, 2.75) is 18.9 Å². The van der Waals surface area contributed by atoms with Crippen molar-refractivity contribution in [3.63, 3.8) is 0 Å². The Hall–Kier alpha value is -1.31. The number of rotatable bonds is 3. The number of hydrogen-bond donors (Lipinski definition) is 1. The highest BCUT2D eigenvalue weighted by molar-refractivity contribution is 7.91. The first kappa shape index (κ1) is 17.5.